The van der Waals surface area contributed by atoms with Crippen LogP contribution in [0.25, 0.3) is 11.0 Å². The second-order valence-electron chi connectivity index (χ2n) is 9.15. The quantitative estimate of drug-likeness (QED) is 0.339. The van der Waals surface area contributed by atoms with Gasteiger partial charge in [-0.2, -0.15) is 0 Å². The number of allylic oxidation sites excluding steroid dienone is 1. The van der Waals surface area contributed by atoms with Crippen molar-refractivity contribution in [2.75, 3.05) is 33.2 Å². The van der Waals surface area contributed by atoms with Gasteiger partial charge in [0.1, 0.15) is 36.2 Å². The van der Waals surface area contributed by atoms with Crippen LogP contribution >= 0.6 is 58.4 Å². The zero-order valence-electron chi connectivity index (χ0n) is 23.3. The molecule has 230 valence electrons. The highest BCUT2D eigenvalue weighted by Gasteiger charge is 2.32. The lowest BCUT2D eigenvalue weighted by atomic mass is 10.2. The van der Waals surface area contributed by atoms with Crippen LogP contribution in [0.1, 0.15) is 0 Å². The van der Waals surface area contributed by atoms with E-state index >= 15 is 0 Å². The summed E-state index contributed by atoms with van der Waals surface area (Å²) >= 11 is 9.24. The standard InChI is InChI=1S/C26H22N4O9S5/c1-27-11-7-12(38-3)13(39-4)8-15(11)41-16(27)6-5-14-21(35)29(9-17(31)32)24(42-14)20-23(37)30(10-18(33)34)25(43-20)19-22(36)28(2)26(40)44-19/h5-8H,9-10H2,1-4H3,(H,31,32)(H,33,34)/b14-5?,16-6?,24-20+,25-19+. The summed E-state index contributed by atoms with van der Waals surface area (Å²) in [5.74, 6) is -2.03. The molecule has 13 nitrogen and oxygen atoms in total. The Bertz CT molecular complexity index is 2140. The number of thiocarbonyl (C=S) groups is 1. The number of fused-ring (bicyclic) bond motifs is 1. The number of carboxylic acids is 2. The molecule has 44 heavy (non-hydrogen) atoms. The molecule has 2 aliphatic rings. The molecule has 1 fully saturated rings. The van der Waals surface area contributed by atoms with Crippen LogP contribution in [-0.2, 0) is 27.5 Å². The molecule has 0 saturated carbocycles. The number of aromatic nitrogens is 2. The Labute approximate surface area is 269 Å². The van der Waals surface area contributed by atoms with Gasteiger partial charge in [-0.1, -0.05) is 35.7 Å². The number of carbonyl (C=O) groups excluding carboxylic acids is 1. The molecule has 2 aromatic heterocycles. The summed E-state index contributed by atoms with van der Waals surface area (Å²) in [6, 6.07) is 3.67. The number of carbonyl (C=O) groups is 3. The molecule has 0 atom stereocenters. The number of carboxylic acid groups (broad SMARTS) is 2. The molecular weight excluding hydrogens is 673 g/mol. The molecule has 0 spiro atoms. The first-order chi connectivity index (χ1) is 20.9. The van der Waals surface area contributed by atoms with E-state index in [0.29, 0.717) is 11.5 Å². The van der Waals surface area contributed by atoms with E-state index in [1.807, 2.05) is 24.1 Å². The maximum absolute atomic E-state index is 13.6. The Hall–Kier alpha value is -3.84. The highest BCUT2D eigenvalue weighted by atomic mass is 32.2. The zero-order chi connectivity index (χ0) is 32.0. The van der Waals surface area contributed by atoms with Gasteiger partial charge in [-0.3, -0.25) is 38.0 Å². The van der Waals surface area contributed by atoms with E-state index in [1.165, 1.54) is 44.0 Å². The Kier molecular flexibility index (Phi) is 8.81. The average molecular weight is 695 g/mol. The van der Waals surface area contributed by atoms with Crippen LogP contribution < -0.4 is 34.7 Å². The molecule has 0 bridgehead atoms. The first-order valence-corrected chi connectivity index (χ1v) is 16.0. The van der Waals surface area contributed by atoms with Crippen molar-refractivity contribution in [2.24, 2.45) is 0 Å². The van der Waals surface area contributed by atoms with Crippen molar-refractivity contribution in [3.05, 3.63) is 62.3 Å². The minimum absolute atomic E-state index is 0.0274. The summed E-state index contributed by atoms with van der Waals surface area (Å²) in [6.07, 6.45) is 3.24. The molecule has 0 radical (unpaired) electrons. The summed E-state index contributed by atoms with van der Waals surface area (Å²) < 4.78 is 13.1. The topological polar surface area (TPSA) is 161 Å². The lowest BCUT2D eigenvalue weighted by Gasteiger charge is -2.15. The van der Waals surface area contributed by atoms with Crippen LogP contribution in [0.5, 0.6) is 11.5 Å². The van der Waals surface area contributed by atoms with Crippen molar-refractivity contribution in [3.8, 4) is 11.5 Å². The maximum atomic E-state index is 13.6. The zero-order valence-corrected chi connectivity index (χ0v) is 27.4. The molecule has 5 rings (SSSR count). The summed E-state index contributed by atoms with van der Waals surface area (Å²) in [6.45, 7) is -1.49. The lowest BCUT2D eigenvalue weighted by molar-refractivity contribution is -0.138. The van der Waals surface area contributed by atoms with Gasteiger partial charge in [0.2, 0.25) is 0 Å². The number of anilines is 1. The number of hydrogen-bond donors (Lipinski definition) is 2. The number of hydrogen-bond acceptors (Lipinski definition) is 13. The Morgan fingerprint density at radius 2 is 1.48 bits per heavy atom. The fraction of sp³-hybridized carbons (Fsp3) is 0.231. The minimum atomic E-state index is -1.33. The van der Waals surface area contributed by atoms with Crippen molar-refractivity contribution in [2.45, 2.75) is 18.0 Å². The second kappa shape index (κ2) is 12.3. The van der Waals surface area contributed by atoms with Gasteiger partial charge >= 0.3 is 11.9 Å². The van der Waals surface area contributed by atoms with Gasteiger partial charge < -0.3 is 24.6 Å². The van der Waals surface area contributed by atoms with Crippen LogP contribution in [-0.4, -0.2) is 74.7 Å². The van der Waals surface area contributed by atoms with Gasteiger partial charge in [0, 0.05) is 31.1 Å². The number of benzene rings is 1. The number of methoxy groups -OCH3 is 2. The third kappa shape index (κ3) is 5.58. The molecule has 4 heterocycles. The summed E-state index contributed by atoms with van der Waals surface area (Å²) in [5, 5.41) is 19.8. The predicted molar refractivity (Wildman–Crippen MR) is 172 cm³/mol. The van der Waals surface area contributed by atoms with Crippen molar-refractivity contribution < 1.29 is 34.1 Å². The Morgan fingerprint density at radius 1 is 0.864 bits per heavy atom. The van der Waals surface area contributed by atoms with Gasteiger partial charge in [0.25, 0.3) is 17.0 Å². The summed E-state index contributed by atoms with van der Waals surface area (Å²) in [7, 11) is 6.38. The van der Waals surface area contributed by atoms with Gasteiger partial charge in [0.05, 0.1) is 29.5 Å². The molecule has 1 saturated heterocycles. The van der Waals surface area contributed by atoms with Crippen LogP contribution in [0.2, 0.25) is 0 Å². The minimum Gasteiger partial charge on any atom is -0.493 e. The Morgan fingerprint density at radius 3 is 2.05 bits per heavy atom. The number of amides is 1. The largest absolute Gasteiger partial charge is 0.493 e. The maximum Gasteiger partial charge on any atom is 0.323 e. The second-order valence-corrected chi connectivity index (χ2v) is 13.9. The number of rotatable bonds is 7. The van der Waals surface area contributed by atoms with Crippen LogP contribution in [0.3, 0.4) is 0 Å². The van der Waals surface area contributed by atoms with Crippen LogP contribution in [0.4, 0.5) is 5.69 Å². The van der Waals surface area contributed by atoms with Gasteiger partial charge in [-0.15, -0.1) is 22.7 Å². The molecule has 2 N–H and O–H groups in total. The molecule has 1 amide bonds. The number of thioether (sulfide) groups is 2. The van der Waals surface area contributed by atoms with E-state index in [9.17, 15) is 34.2 Å². The Balaban J connectivity index is 1.75. The summed E-state index contributed by atoms with van der Waals surface area (Å²) in [4.78, 5) is 67.3. The number of aliphatic carboxylic acids is 2. The first kappa shape index (κ1) is 31.6. The van der Waals surface area contributed by atoms with E-state index in [1.54, 1.807) is 6.08 Å². The highest BCUT2D eigenvalue weighted by Crippen LogP contribution is 2.49. The predicted octanol–water partition coefficient (Wildman–Crippen LogP) is 1.07. The van der Waals surface area contributed by atoms with Gasteiger partial charge in [-0.25, -0.2) is 0 Å². The lowest BCUT2D eigenvalue weighted by Crippen LogP contribution is -2.32. The first-order valence-electron chi connectivity index (χ1n) is 12.4. The van der Waals surface area contributed by atoms with Crippen LogP contribution in [0, 0.1) is 9.20 Å². The number of nitrogens with zero attached hydrogens (tertiary/aromatic N) is 4. The molecule has 1 aromatic carbocycles. The van der Waals surface area contributed by atoms with E-state index in [-0.39, 0.29) is 27.6 Å². The van der Waals surface area contributed by atoms with E-state index in [4.69, 9.17) is 21.7 Å². The van der Waals surface area contributed by atoms with Gasteiger partial charge in [0.15, 0.2) is 11.5 Å². The van der Waals surface area contributed by atoms with E-state index < -0.39 is 42.1 Å². The fourth-order valence-corrected chi connectivity index (χ4v) is 9.05. The van der Waals surface area contributed by atoms with Crippen molar-refractivity contribution >= 4 is 97.3 Å². The van der Waals surface area contributed by atoms with Crippen molar-refractivity contribution in [3.63, 3.8) is 0 Å². The van der Waals surface area contributed by atoms with Crippen molar-refractivity contribution in [1.29, 1.82) is 0 Å². The fourth-order valence-electron chi connectivity index (χ4n) is 4.33. The van der Waals surface area contributed by atoms with Crippen molar-refractivity contribution in [1.82, 2.24) is 14.0 Å². The average Bonchev–Trinajstić information content (AvgIpc) is 3.65. The monoisotopic (exact) mass is 694 g/mol. The van der Waals surface area contributed by atoms with E-state index in [0.717, 1.165) is 59.2 Å². The molecule has 3 aromatic rings. The smallest absolute Gasteiger partial charge is 0.323 e. The molecule has 0 aliphatic carbocycles. The molecular formula is C26H22N4O9S5. The molecule has 2 aliphatic heterocycles. The highest BCUT2D eigenvalue weighted by molar-refractivity contribution is 8.30. The molecule has 0 unspecified atom stereocenters. The third-order valence-corrected chi connectivity index (χ3v) is 11.8. The normalized spacial score (nSPS) is 18.0. The SMILES string of the molecule is COc1cc2c(cc1OC)N(C)C(=CC=c1s/c(=c3/s/c(=C4/SC(=S)N(C)C4=O)n(CC(=O)O)c3=O)n(CC(=O)O)c1=O)S2. The summed E-state index contributed by atoms with van der Waals surface area (Å²) in [5.41, 5.74) is -0.562. The van der Waals surface area contributed by atoms with Crippen LogP contribution in [0.15, 0.2) is 37.7 Å². The van der Waals surface area contributed by atoms with Gasteiger partial charge in [-0.05, 0) is 12.2 Å². The third-order valence-electron chi connectivity index (χ3n) is 6.48. The number of thiazole rings is 2. The van der Waals surface area contributed by atoms with E-state index in [2.05, 4.69) is 0 Å². The number of ether oxygens (including phenoxy) is 2. The molecule has 18 heteroatoms.